The molecule has 78 valence electrons. The van der Waals surface area contributed by atoms with Gasteiger partial charge in [-0.1, -0.05) is 0 Å². The van der Waals surface area contributed by atoms with Gasteiger partial charge in [0.15, 0.2) is 5.84 Å². The third-order valence-electron chi connectivity index (χ3n) is 1.87. The van der Waals surface area contributed by atoms with E-state index in [-0.39, 0.29) is 11.6 Å². The maximum absolute atomic E-state index is 11.1. The molecule has 0 amide bonds. The van der Waals surface area contributed by atoms with Crippen molar-refractivity contribution in [2.24, 2.45) is 16.7 Å². The van der Waals surface area contributed by atoms with Gasteiger partial charge in [0.05, 0.1) is 13.2 Å². The summed E-state index contributed by atoms with van der Waals surface area (Å²) in [7, 11) is 0. The van der Waals surface area contributed by atoms with Crippen LogP contribution in [-0.2, 0) is 9.53 Å². The molecule has 0 bridgehead atoms. The SMILES string of the molecule is NN=C(N)C(=O)C=CN1CCOCC1. The van der Waals surface area contributed by atoms with Gasteiger partial charge in [-0.3, -0.25) is 4.79 Å². The van der Waals surface area contributed by atoms with Crippen molar-refractivity contribution in [3.63, 3.8) is 0 Å². The van der Waals surface area contributed by atoms with E-state index in [0.717, 1.165) is 13.1 Å². The Morgan fingerprint density at radius 1 is 1.43 bits per heavy atom. The molecule has 0 aromatic rings. The lowest BCUT2D eigenvalue weighted by atomic mass is 10.3. The number of hydrogen-bond acceptors (Lipinski definition) is 5. The first kappa shape index (κ1) is 10.5. The summed E-state index contributed by atoms with van der Waals surface area (Å²) in [4.78, 5) is 13.1. The fraction of sp³-hybridized carbons (Fsp3) is 0.500. The molecule has 0 aromatic heterocycles. The van der Waals surface area contributed by atoms with E-state index >= 15 is 0 Å². The molecule has 14 heavy (non-hydrogen) atoms. The van der Waals surface area contributed by atoms with Crippen LogP contribution in [0.3, 0.4) is 0 Å². The molecule has 0 atom stereocenters. The predicted molar refractivity (Wildman–Crippen MR) is 52.3 cm³/mol. The number of ketones is 1. The zero-order valence-corrected chi connectivity index (χ0v) is 7.85. The molecule has 1 fully saturated rings. The summed E-state index contributed by atoms with van der Waals surface area (Å²) in [6.45, 7) is 2.92. The molecule has 1 saturated heterocycles. The first-order chi connectivity index (χ1) is 6.74. The molecule has 1 rings (SSSR count). The first-order valence-corrected chi connectivity index (χ1v) is 4.31. The van der Waals surface area contributed by atoms with Gasteiger partial charge in [0.2, 0.25) is 5.78 Å². The minimum absolute atomic E-state index is 0.186. The van der Waals surface area contributed by atoms with Gasteiger partial charge in [-0.15, -0.1) is 0 Å². The normalized spacial score (nSPS) is 18.9. The highest BCUT2D eigenvalue weighted by Crippen LogP contribution is 1.96. The summed E-state index contributed by atoms with van der Waals surface area (Å²) < 4.78 is 5.15. The minimum Gasteiger partial charge on any atom is -0.379 e. The average molecular weight is 198 g/mol. The molecular formula is C8H14N4O2. The maximum atomic E-state index is 11.1. The Bertz CT molecular complexity index is 256. The molecule has 0 saturated carbocycles. The second kappa shape index (κ2) is 5.23. The lowest BCUT2D eigenvalue weighted by molar-refractivity contribution is -0.109. The van der Waals surface area contributed by atoms with Crippen LogP contribution in [0.4, 0.5) is 0 Å². The molecule has 0 radical (unpaired) electrons. The minimum atomic E-state index is -0.376. The van der Waals surface area contributed by atoms with Crippen LogP contribution in [0.1, 0.15) is 0 Å². The summed E-state index contributed by atoms with van der Waals surface area (Å²) in [6.07, 6.45) is 3.04. The smallest absolute Gasteiger partial charge is 0.223 e. The van der Waals surface area contributed by atoms with Crippen LogP contribution in [0.25, 0.3) is 0 Å². The molecule has 1 heterocycles. The highest BCUT2D eigenvalue weighted by molar-refractivity contribution is 6.42. The first-order valence-electron chi connectivity index (χ1n) is 4.31. The van der Waals surface area contributed by atoms with Gasteiger partial charge >= 0.3 is 0 Å². The molecule has 4 N–H and O–H groups in total. The zero-order chi connectivity index (χ0) is 10.4. The fourth-order valence-corrected chi connectivity index (χ4v) is 1.05. The molecule has 0 unspecified atom stereocenters. The number of morpholine rings is 1. The van der Waals surface area contributed by atoms with Gasteiger partial charge in [-0.05, 0) is 0 Å². The topological polar surface area (TPSA) is 93.9 Å². The Balaban J connectivity index is 2.42. The van der Waals surface area contributed by atoms with Gasteiger partial charge in [-0.25, -0.2) is 0 Å². The Morgan fingerprint density at radius 3 is 2.64 bits per heavy atom. The molecule has 1 aliphatic rings. The standard InChI is InChI=1S/C8H14N4O2/c9-8(11-10)7(13)1-2-12-3-5-14-6-4-12/h1-2H,3-6,10H2,(H2,9,11). The molecule has 0 spiro atoms. The number of nitrogens with zero attached hydrogens (tertiary/aromatic N) is 2. The monoisotopic (exact) mass is 198 g/mol. The van der Waals surface area contributed by atoms with Crippen LogP contribution in [-0.4, -0.2) is 42.8 Å². The van der Waals surface area contributed by atoms with Crippen molar-refractivity contribution < 1.29 is 9.53 Å². The number of amidine groups is 1. The second-order valence-corrected chi connectivity index (χ2v) is 2.84. The van der Waals surface area contributed by atoms with Crippen molar-refractivity contribution >= 4 is 11.6 Å². The van der Waals surface area contributed by atoms with E-state index in [9.17, 15) is 4.79 Å². The van der Waals surface area contributed by atoms with Crippen LogP contribution < -0.4 is 11.6 Å². The molecule has 6 heteroatoms. The average Bonchev–Trinajstić information content (AvgIpc) is 2.26. The Kier molecular flexibility index (Phi) is 3.93. The molecule has 0 aromatic carbocycles. The van der Waals surface area contributed by atoms with E-state index in [1.165, 1.54) is 6.08 Å². The molecule has 1 aliphatic heterocycles. The lowest BCUT2D eigenvalue weighted by Gasteiger charge is -2.24. The Morgan fingerprint density at radius 2 is 2.07 bits per heavy atom. The van der Waals surface area contributed by atoms with Crippen molar-refractivity contribution in [3.8, 4) is 0 Å². The van der Waals surface area contributed by atoms with Gasteiger partial charge in [-0.2, -0.15) is 5.10 Å². The number of nitrogens with two attached hydrogens (primary N) is 2. The summed E-state index contributed by atoms with van der Waals surface area (Å²) in [6, 6.07) is 0. The maximum Gasteiger partial charge on any atom is 0.223 e. The summed E-state index contributed by atoms with van der Waals surface area (Å²) >= 11 is 0. The largest absolute Gasteiger partial charge is 0.379 e. The molecular weight excluding hydrogens is 184 g/mol. The third-order valence-corrected chi connectivity index (χ3v) is 1.87. The Hall–Kier alpha value is -1.56. The van der Waals surface area contributed by atoms with Crippen LogP contribution in [0.15, 0.2) is 17.4 Å². The van der Waals surface area contributed by atoms with E-state index in [0.29, 0.717) is 13.2 Å². The van der Waals surface area contributed by atoms with Gasteiger partial charge in [0.25, 0.3) is 0 Å². The number of carbonyl (C=O) groups is 1. The van der Waals surface area contributed by atoms with E-state index in [1.807, 2.05) is 4.90 Å². The van der Waals surface area contributed by atoms with Crippen molar-refractivity contribution in [1.82, 2.24) is 4.90 Å². The van der Waals surface area contributed by atoms with E-state index in [4.69, 9.17) is 16.3 Å². The predicted octanol–water partition coefficient (Wildman–Crippen LogP) is -1.37. The van der Waals surface area contributed by atoms with Crippen molar-refractivity contribution in [2.75, 3.05) is 26.3 Å². The Labute approximate surface area is 82.2 Å². The molecule has 0 aliphatic carbocycles. The number of rotatable bonds is 3. The zero-order valence-electron chi connectivity index (χ0n) is 7.85. The van der Waals surface area contributed by atoms with Crippen LogP contribution in [0, 0.1) is 0 Å². The highest BCUT2D eigenvalue weighted by atomic mass is 16.5. The summed E-state index contributed by atoms with van der Waals surface area (Å²) in [5.41, 5.74) is 5.21. The fourth-order valence-electron chi connectivity index (χ4n) is 1.05. The van der Waals surface area contributed by atoms with Crippen molar-refractivity contribution in [1.29, 1.82) is 0 Å². The van der Waals surface area contributed by atoms with Gasteiger partial charge < -0.3 is 21.2 Å². The van der Waals surface area contributed by atoms with E-state index in [1.54, 1.807) is 6.20 Å². The van der Waals surface area contributed by atoms with Crippen molar-refractivity contribution in [2.45, 2.75) is 0 Å². The number of hydrazone groups is 1. The molecule has 6 nitrogen and oxygen atoms in total. The number of carbonyl (C=O) groups excluding carboxylic acids is 1. The van der Waals surface area contributed by atoms with Crippen molar-refractivity contribution in [3.05, 3.63) is 12.3 Å². The third kappa shape index (κ3) is 3.06. The van der Waals surface area contributed by atoms with Gasteiger partial charge in [0.1, 0.15) is 0 Å². The van der Waals surface area contributed by atoms with Crippen LogP contribution in [0.5, 0.6) is 0 Å². The van der Waals surface area contributed by atoms with E-state index < -0.39 is 0 Å². The van der Waals surface area contributed by atoms with Crippen LogP contribution in [0.2, 0.25) is 0 Å². The quantitative estimate of drug-likeness (QED) is 0.192. The number of ether oxygens (including phenoxy) is 1. The second-order valence-electron chi connectivity index (χ2n) is 2.84. The summed E-state index contributed by atoms with van der Waals surface area (Å²) in [5.74, 6) is 4.29. The summed E-state index contributed by atoms with van der Waals surface area (Å²) in [5, 5.41) is 3.10. The van der Waals surface area contributed by atoms with E-state index in [2.05, 4.69) is 5.10 Å². The van der Waals surface area contributed by atoms with Crippen LogP contribution >= 0.6 is 0 Å². The van der Waals surface area contributed by atoms with Gasteiger partial charge in [0, 0.05) is 25.4 Å². The highest BCUT2D eigenvalue weighted by Gasteiger charge is 2.07. The lowest BCUT2D eigenvalue weighted by Crippen LogP contribution is -2.32. The number of hydrogen-bond donors (Lipinski definition) is 2.